The normalized spacial score (nSPS) is 17.0. The highest BCUT2D eigenvalue weighted by molar-refractivity contribution is 6.32. The Hall–Kier alpha value is -3.17. The molecule has 2 fully saturated rings. The van der Waals surface area contributed by atoms with Crippen LogP contribution in [0.4, 0.5) is 17.5 Å². The number of fused-ring (bicyclic) bond motifs is 1. The average molecular weight is 525 g/mol. The Balaban J connectivity index is 1.43. The number of anilines is 3. The third kappa shape index (κ3) is 5.02. The molecule has 1 N–H and O–H groups in total. The molecular formula is C27H33ClN6O3. The molecule has 0 atom stereocenters. The van der Waals surface area contributed by atoms with Gasteiger partial charge in [-0.05, 0) is 51.6 Å². The summed E-state index contributed by atoms with van der Waals surface area (Å²) in [7, 11) is 2.15. The van der Waals surface area contributed by atoms with E-state index in [2.05, 4.69) is 27.1 Å². The molecule has 0 saturated carbocycles. The van der Waals surface area contributed by atoms with Gasteiger partial charge in [0.1, 0.15) is 11.6 Å². The van der Waals surface area contributed by atoms with E-state index < -0.39 is 0 Å². The maximum Gasteiger partial charge on any atom is 0.293 e. The van der Waals surface area contributed by atoms with Gasteiger partial charge in [0.05, 0.1) is 11.7 Å². The minimum absolute atomic E-state index is 0.0616. The van der Waals surface area contributed by atoms with E-state index in [1.165, 1.54) is 0 Å². The zero-order chi connectivity index (χ0) is 26.3. The Morgan fingerprint density at radius 2 is 2.03 bits per heavy atom. The number of halogens is 1. The van der Waals surface area contributed by atoms with Gasteiger partial charge >= 0.3 is 0 Å². The third-order valence-electron chi connectivity index (χ3n) is 7.23. The number of rotatable bonds is 8. The van der Waals surface area contributed by atoms with Crippen LogP contribution in [0.1, 0.15) is 39.7 Å². The molecule has 0 amide bonds. The maximum atomic E-state index is 13.1. The van der Waals surface area contributed by atoms with Gasteiger partial charge in [0.2, 0.25) is 5.95 Å². The van der Waals surface area contributed by atoms with Crippen molar-refractivity contribution in [1.29, 1.82) is 0 Å². The fraction of sp³-hybridized carbons (Fsp3) is 0.481. The number of hydrogen-bond donors (Lipinski definition) is 1. The predicted molar refractivity (Wildman–Crippen MR) is 146 cm³/mol. The van der Waals surface area contributed by atoms with Gasteiger partial charge in [-0.25, -0.2) is 4.98 Å². The van der Waals surface area contributed by atoms with Gasteiger partial charge in [0.15, 0.2) is 17.4 Å². The average Bonchev–Trinajstić information content (AvgIpc) is 3.28. The highest BCUT2D eigenvalue weighted by Crippen LogP contribution is 2.40. The fourth-order valence-electron chi connectivity index (χ4n) is 5.47. The van der Waals surface area contributed by atoms with Crippen molar-refractivity contribution in [3.63, 3.8) is 0 Å². The molecule has 3 aromatic rings. The number of ether oxygens (including phenoxy) is 1. The molecule has 196 valence electrons. The smallest absolute Gasteiger partial charge is 0.293 e. The third-order valence-corrected chi connectivity index (χ3v) is 7.51. The highest BCUT2D eigenvalue weighted by Gasteiger charge is 2.46. The number of carbonyl (C=O) groups excluding carboxylic acids is 1. The molecule has 0 unspecified atom stereocenters. The number of Topliss-reactive ketones (excluding diaryl/α,β-unsaturated/α-hetero) is 1. The van der Waals surface area contributed by atoms with Gasteiger partial charge in [-0.2, -0.15) is 4.98 Å². The van der Waals surface area contributed by atoms with Crippen LogP contribution in [0.3, 0.4) is 0 Å². The van der Waals surface area contributed by atoms with Crippen LogP contribution in [-0.4, -0.2) is 65.1 Å². The zero-order valence-corrected chi connectivity index (χ0v) is 22.5. The summed E-state index contributed by atoms with van der Waals surface area (Å²) < 4.78 is 7.30. The summed E-state index contributed by atoms with van der Waals surface area (Å²) in [5.41, 5.74) is 1.64. The second-order valence-electron chi connectivity index (χ2n) is 10.6. The number of ketones is 1. The molecule has 1 aromatic carbocycles. The Kier molecular flexibility index (Phi) is 6.85. The van der Waals surface area contributed by atoms with Crippen LogP contribution in [-0.2, 0) is 4.79 Å². The van der Waals surface area contributed by atoms with E-state index in [-0.39, 0.29) is 29.7 Å². The van der Waals surface area contributed by atoms with Crippen molar-refractivity contribution in [3.8, 4) is 5.75 Å². The summed E-state index contributed by atoms with van der Waals surface area (Å²) in [6.07, 6.45) is 3.14. The summed E-state index contributed by atoms with van der Waals surface area (Å²) >= 11 is 6.47. The first-order valence-corrected chi connectivity index (χ1v) is 13.1. The van der Waals surface area contributed by atoms with E-state index in [4.69, 9.17) is 21.3 Å². The van der Waals surface area contributed by atoms with Gasteiger partial charge in [-0.15, -0.1) is 0 Å². The van der Waals surface area contributed by atoms with Gasteiger partial charge < -0.3 is 24.4 Å². The monoisotopic (exact) mass is 524 g/mol. The van der Waals surface area contributed by atoms with Gasteiger partial charge in [-0.1, -0.05) is 18.5 Å². The second kappa shape index (κ2) is 9.95. The number of nitrogens with one attached hydrogen (secondary N) is 1. The number of carbonyl (C=O) groups is 1. The van der Waals surface area contributed by atoms with Crippen LogP contribution in [0.15, 0.2) is 35.3 Å². The predicted octanol–water partition coefficient (Wildman–Crippen LogP) is 4.27. The minimum Gasteiger partial charge on any atom is -0.480 e. The van der Waals surface area contributed by atoms with E-state index in [0.29, 0.717) is 28.6 Å². The lowest BCUT2D eigenvalue weighted by Crippen LogP contribution is -2.55. The second-order valence-corrected chi connectivity index (χ2v) is 11.0. The molecule has 4 heterocycles. The molecule has 1 spiro atoms. The zero-order valence-electron chi connectivity index (χ0n) is 21.8. The minimum atomic E-state index is -0.253. The summed E-state index contributed by atoms with van der Waals surface area (Å²) in [4.78, 5) is 38.7. The molecule has 9 nitrogen and oxygen atoms in total. The van der Waals surface area contributed by atoms with Crippen molar-refractivity contribution in [2.45, 2.75) is 39.7 Å². The molecule has 5 rings (SSSR count). The lowest BCUT2D eigenvalue weighted by atomic mass is 9.79. The molecule has 37 heavy (non-hydrogen) atoms. The van der Waals surface area contributed by atoms with E-state index in [1.807, 2.05) is 32.0 Å². The Morgan fingerprint density at radius 1 is 1.24 bits per heavy atom. The van der Waals surface area contributed by atoms with Crippen LogP contribution in [0.25, 0.3) is 10.9 Å². The molecule has 2 saturated heterocycles. The number of pyridine rings is 1. The number of aromatic nitrogens is 3. The van der Waals surface area contributed by atoms with Crippen LogP contribution >= 0.6 is 11.6 Å². The SMILES string of the molecule is CCC(=O)COc1cc2cc(Nc3nc(N4CCC5(CN(C)C5)C4)ncc3Cl)ccc2n(C(C)C)c1=O. The van der Waals surface area contributed by atoms with Crippen LogP contribution in [0.2, 0.25) is 5.02 Å². The topological polar surface area (TPSA) is 92.6 Å². The molecule has 0 bridgehead atoms. The number of hydrogen-bond acceptors (Lipinski definition) is 8. The van der Waals surface area contributed by atoms with Gasteiger partial charge in [0.25, 0.3) is 5.56 Å². The summed E-state index contributed by atoms with van der Waals surface area (Å²) in [5.74, 6) is 1.30. The molecule has 10 heteroatoms. The molecule has 0 radical (unpaired) electrons. The van der Waals surface area contributed by atoms with Gasteiger partial charge in [0, 0.05) is 55.1 Å². The maximum absolute atomic E-state index is 13.1. The summed E-state index contributed by atoms with van der Waals surface area (Å²) in [6, 6.07) is 7.33. The van der Waals surface area contributed by atoms with Crippen LogP contribution in [0, 0.1) is 5.41 Å². The van der Waals surface area contributed by atoms with Crippen molar-refractivity contribution >= 4 is 45.7 Å². The van der Waals surface area contributed by atoms with Crippen molar-refractivity contribution in [2.75, 3.05) is 50.1 Å². The van der Waals surface area contributed by atoms with E-state index in [9.17, 15) is 9.59 Å². The number of benzene rings is 1. The molecular weight excluding hydrogens is 492 g/mol. The first kappa shape index (κ1) is 25.5. The first-order chi connectivity index (χ1) is 17.7. The molecule has 0 aliphatic carbocycles. The van der Waals surface area contributed by atoms with Crippen molar-refractivity contribution in [1.82, 2.24) is 19.4 Å². The van der Waals surface area contributed by atoms with E-state index >= 15 is 0 Å². The van der Waals surface area contributed by atoms with Gasteiger partial charge in [-0.3, -0.25) is 9.59 Å². The van der Waals surface area contributed by atoms with Crippen molar-refractivity contribution in [3.05, 3.63) is 45.8 Å². The summed E-state index contributed by atoms with van der Waals surface area (Å²) in [5, 5.41) is 4.56. The molecule has 2 aromatic heterocycles. The largest absolute Gasteiger partial charge is 0.480 e. The van der Waals surface area contributed by atoms with E-state index in [0.717, 1.165) is 49.2 Å². The fourth-order valence-corrected chi connectivity index (χ4v) is 5.61. The van der Waals surface area contributed by atoms with Crippen molar-refractivity contribution < 1.29 is 9.53 Å². The van der Waals surface area contributed by atoms with Crippen molar-refractivity contribution in [2.24, 2.45) is 5.41 Å². The Labute approximate surface area is 221 Å². The molecule has 2 aliphatic heterocycles. The standard InChI is InChI=1S/C27H33ClN6O3/c1-5-20(35)13-37-23-11-18-10-19(6-7-22(18)34(17(2)3)25(23)36)30-24-21(28)12-29-26(31-24)33-9-8-27(16-33)14-32(4)15-27/h6-7,10-12,17H,5,8-9,13-16H2,1-4H3,(H,29,30,31). The summed E-state index contributed by atoms with van der Waals surface area (Å²) in [6.45, 7) is 9.64. The highest BCUT2D eigenvalue weighted by atomic mass is 35.5. The lowest BCUT2D eigenvalue weighted by molar-refractivity contribution is -0.120. The van der Waals surface area contributed by atoms with Crippen LogP contribution < -0.4 is 20.5 Å². The number of nitrogens with zero attached hydrogens (tertiary/aromatic N) is 5. The Bertz CT molecular complexity index is 1400. The Morgan fingerprint density at radius 3 is 2.73 bits per heavy atom. The molecule has 2 aliphatic rings. The number of likely N-dealkylation sites (tertiary alicyclic amines) is 1. The first-order valence-electron chi connectivity index (χ1n) is 12.7. The van der Waals surface area contributed by atoms with E-state index in [1.54, 1.807) is 23.8 Å². The van der Waals surface area contributed by atoms with Crippen LogP contribution in [0.5, 0.6) is 5.75 Å². The quantitative estimate of drug-likeness (QED) is 0.467. The lowest BCUT2D eigenvalue weighted by Gasteiger charge is -2.46.